The minimum atomic E-state index is 0.266. The highest BCUT2D eigenvalue weighted by Gasteiger charge is 2.21. The quantitative estimate of drug-likeness (QED) is 0.797. The summed E-state index contributed by atoms with van der Waals surface area (Å²) < 4.78 is 0. The summed E-state index contributed by atoms with van der Waals surface area (Å²) in [5, 5.41) is 8.99. The molecule has 1 atom stereocenters. The second-order valence-electron chi connectivity index (χ2n) is 4.52. The molecule has 1 aromatic rings. The summed E-state index contributed by atoms with van der Waals surface area (Å²) in [6, 6.07) is 1.85. The van der Waals surface area contributed by atoms with Crippen molar-refractivity contribution in [2.45, 2.75) is 25.8 Å². The second kappa shape index (κ2) is 5.93. The summed E-state index contributed by atoms with van der Waals surface area (Å²) in [7, 11) is 0. The Bertz CT molecular complexity index is 356. The van der Waals surface area contributed by atoms with Crippen LogP contribution in [0.4, 0.5) is 5.95 Å². The zero-order valence-corrected chi connectivity index (χ0v) is 10.0. The summed E-state index contributed by atoms with van der Waals surface area (Å²) in [5.41, 5.74) is 6.46. The lowest BCUT2D eigenvalue weighted by atomic mass is 9.95. The maximum atomic E-state index is 8.99. The van der Waals surface area contributed by atoms with Gasteiger partial charge in [-0.05, 0) is 31.2 Å². The largest absolute Gasteiger partial charge is 0.396 e. The number of hydrogen-bond donors (Lipinski definition) is 2. The first-order valence-corrected chi connectivity index (χ1v) is 6.21. The van der Waals surface area contributed by atoms with Crippen LogP contribution in [0.15, 0.2) is 12.3 Å². The Morgan fingerprint density at radius 2 is 2.41 bits per heavy atom. The third-order valence-electron chi connectivity index (χ3n) is 3.25. The molecule has 0 amide bonds. The number of rotatable bonds is 4. The Morgan fingerprint density at radius 1 is 1.53 bits per heavy atom. The van der Waals surface area contributed by atoms with E-state index in [9.17, 15) is 0 Å². The van der Waals surface area contributed by atoms with E-state index in [1.165, 1.54) is 6.42 Å². The molecule has 0 bridgehead atoms. The molecule has 0 saturated carbocycles. The molecular weight excluding hydrogens is 216 g/mol. The zero-order chi connectivity index (χ0) is 12.1. The van der Waals surface area contributed by atoms with Gasteiger partial charge in [0.2, 0.25) is 5.95 Å². The molecule has 1 saturated heterocycles. The van der Waals surface area contributed by atoms with E-state index in [0.717, 1.165) is 37.6 Å². The maximum Gasteiger partial charge on any atom is 0.225 e. The monoisotopic (exact) mass is 236 g/mol. The molecule has 0 spiro atoms. The lowest BCUT2D eigenvalue weighted by molar-refractivity contribution is 0.244. The van der Waals surface area contributed by atoms with E-state index in [1.807, 2.05) is 6.07 Å². The summed E-state index contributed by atoms with van der Waals surface area (Å²) in [5.74, 6) is 1.33. The third kappa shape index (κ3) is 3.14. The van der Waals surface area contributed by atoms with Crippen molar-refractivity contribution in [3.05, 3.63) is 18.0 Å². The lowest BCUT2D eigenvalue weighted by Crippen LogP contribution is -2.37. The first kappa shape index (κ1) is 12.3. The predicted octanol–water partition coefficient (Wildman–Crippen LogP) is 0.534. The number of anilines is 1. The van der Waals surface area contributed by atoms with Gasteiger partial charge in [-0.2, -0.15) is 0 Å². The fourth-order valence-electron chi connectivity index (χ4n) is 2.32. The van der Waals surface area contributed by atoms with Gasteiger partial charge in [-0.1, -0.05) is 0 Å². The first-order chi connectivity index (χ1) is 8.33. The molecule has 0 radical (unpaired) electrons. The molecular formula is C12H20N4O. The minimum Gasteiger partial charge on any atom is -0.396 e. The number of piperidine rings is 1. The van der Waals surface area contributed by atoms with E-state index in [1.54, 1.807) is 6.20 Å². The van der Waals surface area contributed by atoms with Gasteiger partial charge < -0.3 is 15.7 Å². The second-order valence-corrected chi connectivity index (χ2v) is 4.52. The molecule has 1 aliphatic rings. The standard InChI is InChI=1S/C12H20N4O/c13-8-11-3-5-14-12(15-11)16-6-1-2-10(9-16)4-7-17/h3,5,10,17H,1-2,4,6-9,13H2. The molecule has 3 N–H and O–H groups in total. The SMILES string of the molecule is NCc1ccnc(N2CCCC(CCO)C2)n1. The third-order valence-corrected chi connectivity index (χ3v) is 3.25. The van der Waals surface area contributed by atoms with Gasteiger partial charge in [0.05, 0.1) is 5.69 Å². The van der Waals surface area contributed by atoms with Crippen LogP contribution in [0.5, 0.6) is 0 Å². The van der Waals surface area contributed by atoms with E-state index in [0.29, 0.717) is 12.5 Å². The molecule has 1 fully saturated rings. The van der Waals surface area contributed by atoms with Gasteiger partial charge in [-0.25, -0.2) is 9.97 Å². The molecule has 0 aliphatic carbocycles. The van der Waals surface area contributed by atoms with E-state index in [4.69, 9.17) is 10.8 Å². The van der Waals surface area contributed by atoms with E-state index in [-0.39, 0.29) is 6.61 Å². The van der Waals surface area contributed by atoms with Crippen LogP contribution in [0.3, 0.4) is 0 Å². The number of aromatic nitrogens is 2. The van der Waals surface area contributed by atoms with Gasteiger partial charge in [-0.3, -0.25) is 0 Å². The highest BCUT2D eigenvalue weighted by molar-refractivity contribution is 5.31. The zero-order valence-electron chi connectivity index (χ0n) is 10.0. The molecule has 2 heterocycles. The van der Waals surface area contributed by atoms with E-state index >= 15 is 0 Å². The van der Waals surface area contributed by atoms with Crippen molar-refractivity contribution in [1.29, 1.82) is 0 Å². The Morgan fingerprint density at radius 3 is 3.18 bits per heavy atom. The Labute approximate surface area is 102 Å². The molecule has 5 nitrogen and oxygen atoms in total. The molecule has 1 aliphatic heterocycles. The van der Waals surface area contributed by atoms with Crippen molar-refractivity contribution in [3.63, 3.8) is 0 Å². The normalized spacial score (nSPS) is 20.6. The topological polar surface area (TPSA) is 75.3 Å². The van der Waals surface area contributed by atoms with Crippen molar-refractivity contribution in [1.82, 2.24) is 9.97 Å². The van der Waals surface area contributed by atoms with Gasteiger partial charge in [0.1, 0.15) is 0 Å². The van der Waals surface area contributed by atoms with Crippen molar-refractivity contribution < 1.29 is 5.11 Å². The van der Waals surface area contributed by atoms with Gasteiger partial charge in [0.25, 0.3) is 0 Å². The molecule has 1 unspecified atom stereocenters. The maximum absolute atomic E-state index is 8.99. The number of hydrogen-bond acceptors (Lipinski definition) is 5. The summed E-state index contributed by atoms with van der Waals surface area (Å²) >= 11 is 0. The van der Waals surface area contributed by atoms with Crippen LogP contribution in [0.2, 0.25) is 0 Å². The molecule has 0 aromatic carbocycles. The van der Waals surface area contributed by atoms with Crippen LogP contribution in [0, 0.1) is 5.92 Å². The van der Waals surface area contributed by atoms with Crippen LogP contribution in [-0.4, -0.2) is 34.8 Å². The number of nitrogens with two attached hydrogens (primary N) is 1. The number of nitrogens with zero attached hydrogens (tertiary/aromatic N) is 3. The van der Waals surface area contributed by atoms with Crippen LogP contribution < -0.4 is 10.6 Å². The number of aliphatic hydroxyl groups is 1. The smallest absolute Gasteiger partial charge is 0.225 e. The van der Waals surface area contributed by atoms with Crippen LogP contribution in [-0.2, 0) is 6.54 Å². The fraction of sp³-hybridized carbons (Fsp3) is 0.667. The average molecular weight is 236 g/mol. The first-order valence-electron chi connectivity index (χ1n) is 6.21. The van der Waals surface area contributed by atoms with Gasteiger partial charge in [0.15, 0.2) is 0 Å². The van der Waals surface area contributed by atoms with E-state index < -0.39 is 0 Å². The van der Waals surface area contributed by atoms with Crippen molar-refractivity contribution in [3.8, 4) is 0 Å². The molecule has 1 aromatic heterocycles. The van der Waals surface area contributed by atoms with Crippen LogP contribution >= 0.6 is 0 Å². The highest BCUT2D eigenvalue weighted by Crippen LogP contribution is 2.22. The van der Waals surface area contributed by atoms with Crippen LogP contribution in [0.1, 0.15) is 25.0 Å². The lowest BCUT2D eigenvalue weighted by Gasteiger charge is -2.32. The Hall–Kier alpha value is -1.20. The molecule has 17 heavy (non-hydrogen) atoms. The van der Waals surface area contributed by atoms with Crippen molar-refractivity contribution in [2.75, 3.05) is 24.6 Å². The minimum absolute atomic E-state index is 0.266. The van der Waals surface area contributed by atoms with Crippen LogP contribution in [0.25, 0.3) is 0 Å². The van der Waals surface area contributed by atoms with Crippen molar-refractivity contribution in [2.24, 2.45) is 11.7 Å². The fourth-order valence-corrected chi connectivity index (χ4v) is 2.32. The number of aliphatic hydroxyl groups excluding tert-OH is 1. The Balaban J connectivity index is 2.05. The van der Waals surface area contributed by atoms with E-state index in [2.05, 4.69) is 14.9 Å². The van der Waals surface area contributed by atoms with Gasteiger partial charge in [-0.15, -0.1) is 0 Å². The summed E-state index contributed by atoms with van der Waals surface area (Å²) in [4.78, 5) is 10.9. The molecule has 2 rings (SSSR count). The molecule has 5 heteroatoms. The summed E-state index contributed by atoms with van der Waals surface area (Å²) in [6.45, 7) is 2.65. The van der Waals surface area contributed by atoms with Crippen molar-refractivity contribution >= 4 is 5.95 Å². The van der Waals surface area contributed by atoms with Gasteiger partial charge in [0, 0.05) is 32.4 Å². The highest BCUT2D eigenvalue weighted by atomic mass is 16.3. The molecule has 94 valence electrons. The summed E-state index contributed by atoms with van der Waals surface area (Å²) in [6.07, 6.45) is 4.96. The predicted molar refractivity (Wildman–Crippen MR) is 66.6 cm³/mol. The van der Waals surface area contributed by atoms with Gasteiger partial charge >= 0.3 is 0 Å². The average Bonchev–Trinajstić information content (AvgIpc) is 2.40. The Kier molecular flexibility index (Phi) is 4.28.